The summed E-state index contributed by atoms with van der Waals surface area (Å²) in [4.78, 5) is 12.8. The molecule has 0 radical (unpaired) electrons. The number of imidazole rings is 1. The molecule has 32 heavy (non-hydrogen) atoms. The van der Waals surface area contributed by atoms with Gasteiger partial charge in [0.15, 0.2) is 0 Å². The normalized spacial score (nSPS) is 19.8. The Morgan fingerprint density at radius 3 is 2.66 bits per heavy atom. The van der Waals surface area contributed by atoms with Crippen molar-refractivity contribution in [3.63, 3.8) is 0 Å². The molecule has 1 fully saturated rings. The Bertz CT molecular complexity index is 1510. The van der Waals surface area contributed by atoms with Gasteiger partial charge in [-0.05, 0) is 43.2 Å². The van der Waals surface area contributed by atoms with Gasteiger partial charge in [-0.1, -0.05) is 23.7 Å². The minimum atomic E-state index is -4.19. The van der Waals surface area contributed by atoms with Gasteiger partial charge in [0.1, 0.15) is 22.5 Å². The van der Waals surface area contributed by atoms with Crippen LogP contribution in [0.15, 0.2) is 46.1 Å². The molecule has 1 aromatic heterocycles. The van der Waals surface area contributed by atoms with Gasteiger partial charge in [0, 0.05) is 6.54 Å². The molecule has 1 saturated heterocycles. The molecule has 0 aliphatic carbocycles. The zero-order valence-corrected chi connectivity index (χ0v) is 18.2. The summed E-state index contributed by atoms with van der Waals surface area (Å²) in [6.45, 7) is 1.61. The highest BCUT2D eigenvalue weighted by atomic mass is 35.5. The SMILES string of the molecule is Cc1c(-n2c(O)c3n(c2=O)[C@H]2C[C@@H]3N(S(=O)(=O)c3ccccc3F)C2)ccc(C#N)c1Cl. The molecular formula is C21H16ClFN4O4S. The van der Waals surface area contributed by atoms with E-state index in [0.29, 0.717) is 17.7 Å². The lowest BCUT2D eigenvalue weighted by Gasteiger charge is -2.27. The molecule has 8 nitrogen and oxygen atoms in total. The molecule has 2 atom stereocenters. The first-order valence-corrected chi connectivity index (χ1v) is 11.5. The van der Waals surface area contributed by atoms with Crippen molar-refractivity contribution in [2.45, 2.75) is 30.3 Å². The van der Waals surface area contributed by atoms with Crippen LogP contribution in [0.1, 0.15) is 35.3 Å². The van der Waals surface area contributed by atoms with Crippen molar-refractivity contribution >= 4 is 21.6 Å². The van der Waals surface area contributed by atoms with Gasteiger partial charge < -0.3 is 5.11 Å². The molecule has 1 N–H and O–H groups in total. The summed E-state index contributed by atoms with van der Waals surface area (Å²) in [5, 5.41) is 20.3. The summed E-state index contributed by atoms with van der Waals surface area (Å²) in [6, 6.07) is 8.71. The fourth-order valence-corrected chi connectivity index (χ4v) is 6.58. The highest BCUT2D eigenvalue weighted by Gasteiger charge is 2.52. The Kier molecular flexibility index (Phi) is 4.50. The predicted molar refractivity (Wildman–Crippen MR) is 113 cm³/mol. The van der Waals surface area contributed by atoms with Gasteiger partial charge in [-0.25, -0.2) is 22.2 Å². The Labute approximate surface area is 187 Å². The first-order valence-electron chi connectivity index (χ1n) is 9.70. The number of aromatic hydroxyl groups is 1. The second-order valence-electron chi connectivity index (χ2n) is 7.79. The first-order chi connectivity index (χ1) is 15.2. The van der Waals surface area contributed by atoms with E-state index in [1.165, 1.54) is 34.9 Å². The number of rotatable bonds is 3. The predicted octanol–water partition coefficient (Wildman–Crippen LogP) is 3.01. The van der Waals surface area contributed by atoms with E-state index in [0.717, 1.165) is 14.9 Å². The van der Waals surface area contributed by atoms with Crippen molar-refractivity contribution in [3.05, 3.63) is 74.5 Å². The average Bonchev–Trinajstić information content (AvgIpc) is 3.43. The Hall–Kier alpha value is -3.13. The maximum absolute atomic E-state index is 14.2. The lowest BCUT2D eigenvalue weighted by Crippen LogP contribution is -2.38. The molecule has 0 spiro atoms. The minimum Gasteiger partial charge on any atom is -0.493 e. The summed E-state index contributed by atoms with van der Waals surface area (Å²) >= 11 is 6.23. The highest BCUT2D eigenvalue weighted by Crippen LogP contribution is 2.50. The Balaban J connectivity index is 1.65. The maximum Gasteiger partial charge on any atom is 0.336 e. The average molecular weight is 475 g/mol. The van der Waals surface area contributed by atoms with Crippen molar-refractivity contribution in [1.29, 1.82) is 5.26 Å². The van der Waals surface area contributed by atoms with Crippen molar-refractivity contribution in [1.82, 2.24) is 13.4 Å². The van der Waals surface area contributed by atoms with Crippen LogP contribution in [-0.4, -0.2) is 33.5 Å². The lowest BCUT2D eigenvalue weighted by atomic mass is 10.1. The van der Waals surface area contributed by atoms with Crippen molar-refractivity contribution in [2.75, 3.05) is 6.54 Å². The second kappa shape index (κ2) is 6.93. The smallest absolute Gasteiger partial charge is 0.336 e. The summed E-state index contributed by atoms with van der Waals surface area (Å²) < 4.78 is 44.1. The van der Waals surface area contributed by atoms with Crippen LogP contribution in [0.4, 0.5) is 4.39 Å². The first kappa shape index (κ1) is 20.8. The molecule has 3 aromatic rings. The third-order valence-electron chi connectivity index (χ3n) is 6.15. The summed E-state index contributed by atoms with van der Waals surface area (Å²) in [5.74, 6) is -1.27. The van der Waals surface area contributed by atoms with Crippen LogP contribution in [0, 0.1) is 24.1 Å². The van der Waals surface area contributed by atoms with Crippen LogP contribution in [0.2, 0.25) is 5.02 Å². The summed E-state index contributed by atoms with van der Waals surface area (Å²) in [7, 11) is -4.19. The number of fused-ring (bicyclic) bond motifs is 5. The molecule has 2 aliphatic heterocycles. The molecule has 2 bridgehead atoms. The van der Waals surface area contributed by atoms with Gasteiger partial charge in [-0.2, -0.15) is 9.57 Å². The van der Waals surface area contributed by atoms with E-state index in [9.17, 15) is 22.7 Å². The largest absolute Gasteiger partial charge is 0.493 e. The van der Waals surface area contributed by atoms with E-state index in [-0.39, 0.29) is 22.8 Å². The zero-order chi connectivity index (χ0) is 22.9. The molecular weight excluding hydrogens is 459 g/mol. The van der Waals surface area contributed by atoms with Crippen LogP contribution in [0.5, 0.6) is 5.88 Å². The third-order valence-corrected chi connectivity index (χ3v) is 8.55. The van der Waals surface area contributed by atoms with Crippen molar-refractivity contribution < 1.29 is 17.9 Å². The standard InChI is InChI=1S/C21H16ClFN4O4S/c1-11-15(7-6-12(9-24)18(11)22)27-20(28)19-16-8-13(26(19)21(27)29)10-25(16)32(30,31)17-5-3-2-4-14(17)23/h2-7,13,16,28H,8,10H2,1H3/t13-,16-/m0/s1. The van der Waals surface area contributed by atoms with Crippen LogP contribution >= 0.6 is 11.6 Å². The molecule has 2 aromatic carbocycles. The number of benzene rings is 2. The zero-order valence-electron chi connectivity index (χ0n) is 16.7. The van der Waals surface area contributed by atoms with Gasteiger partial charge in [0.05, 0.1) is 28.4 Å². The van der Waals surface area contributed by atoms with Gasteiger partial charge in [-0.3, -0.25) is 4.57 Å². The van der Waals surface area contributed by atoms with Crippen LogP contribution in [0.3, 0.4) is 0 Å². The van der Waals surface area contributed by atoms with Crippen LogP contribution in [-0.2, 0) is 10.0 Å². The molecule has 0 amide bonds. The number of halogens is 2. The topological polar surface area (TPSA) is 108 Å². The summed E-state index contributed by atoms with van der Waals surface area (Å²) in [5.41, 5.74) is 0.578. The van der Waals surface area contributed by atoms with E-state index in [1.54, 1.807) is 6.92 Å². The highest BCUT2D eigenvalue weighted by molar-refractivity contribution is 7.89. The molecule has 5 rings (SSSR count). The Morgan fingerprint density at radius 2 is 1.97 bits per heavy atom. The number of nitrogens with zero attached hydrogens (tertiary/aromatic N) is 4. The number of hydrogen-bond acceptors (Lipinski definition) is 5. The monoisotopic (exact) mass is 474 g/mol. The van der Waals surface area contributed by atoms with Crippen LogP contribution < -0.4 is 5.69 Å². The molecule has 0 unspecified atom stereocenters. The van der Waals surface area contributed by atoms with Gasteiger partial charge in [0.2, 0.25) is 15.9 Å². The third kappa shape index (κ3) is 2.62. The fraction of sp³-hybridized carbons (Fsp3) is 0.238. The van der Waals surface area contributed by atoms with Crippen molar-refractivity contribution in [2.24, 2.45) is 0 Å². The van der Waals surface area contributed by atoms with Gasteiger partial charge in [-0.15, -0.1) is 0 Å². The molecule has 11 heteroatoms. The molecule has 164 valence electrons. The van der Waals surface area contributed by atoms with E-state index in [1.807, 2.05) is 6.07 Å². The van der Waals surface area contributed by atoms with Gasteiger partial charge in [0.25, 0.3) is 0 Å². The fourth-order valence-electron chi connectivity index (χ4n) is 4.67. The van der Waals surface area contributed by atoms with E-state index in [4.69, 9.17) is 16.9 Å². The van der Waals surface area contributed by atoms with E-state index < -0.39 is 44.4 Å². The summed E-state index contributed by atoms with van der Waals surface area (Å²) in [6.07, 6.45) is 0.305. The number of sulfonamides is 1. The second-order valence-corrected chi connectivity index (χ2v) is 10.0. The lowest BCUT2D eigenvalue weighted by molar-refractivity contribution is 0.341. The van der Waals surface area contributed by atoms with E-state index >= 15 is 0 Å². The Morgan fingerprint density at radius 1 is 1.25 bits per heavy atom. The number of aromatic nitrogens is 2. The van der Waals surface area contributed by atoms with E-state index in [2.05, 4.69) is 0 Å². The quantitative estimate of drug-likeness (QED) is 0.627. The molecule has 3 heterocycles. The van der Waals surface area contributed by atoms with Crippen molar-refractivity contribution in [3.8, 4) is 17.6 Å². The number of hydrogen-bond donors (Lipinski definition) is 1. The molecule has 0 saturated carbocycles. The minimum absolute atomic E-state index is 0.00912. The van der Waals surface area contributed by atoms with Gasteiger partial charge >= 0.3 is 5.69 Å². The number of nitriles is 1. The maximum atomic E-state index is 14.2. The molecule has 2 aliphatic rings. The van der Waals surface area contributed by atoms with Crippen LogP contribution in [0.25, 0.3) is 5.69 Å².